The van der Waals surface area contributed by atoms with Gasteiger partial charge in [0.25, 0.3) is 0 Å². The number of halogens is 3. The summed E-state index contributed by atoms with van der Waals surface area (Å²) >= 11 is 0. The van der Waals surface area contributed by atoms with Gasteiger partial charge in [-0.05, 0) is 31.0 Å². The highest BCUT2D eigenvalue weighted by atomic mass is 19.4. The molecule has 1 aromatic carbocycles. The fraction of sp³-hybridized carbons (Fsp3) is 0.286. The summed E-state index contributed by atoms with van der Waals surface area (Å²) in [5.74, 6) is 0.203. The molecular weight excluding hydrogens is 283 g/mol. The Morgan fingerprint density at radius 1 is 1.14 bits per heavy atom. The van der Waals surface area contributed by atoms with Crippen molar-refractivity contribution < 1.29 is 17.9 Å². The van der Waals surface area contributed by atoms with E-state index in [9.17, 15) is 13.2 Å². The average molecular weight is 295 g/mol. The molecule has 1 heterocycles. The van der Waals surface area contributed by atoms with Crippen molar-refractivity contribution in [2.24, 2.45) is 0 Å². The van der Waals surface area contributed by atoms with E-state index >= 15 is 0 Å². The third-order valence-corrected chi connectivity index (χ3v) is 2.99. The first-order valence-corrected chi connectivity index (χ1v) is 6.41. The fourth-order valence-corrected chi connectivity index (χ4v) is 1.87. The second-order valence-electron chi connectivity index (χ2n) is 4.84. The maximum atomic E-state index is 12.8. The predicted octanol–water partition coefficient (Wildman–Crippen LogP) is 3.29. The molecule has 1 saturated carbocycles. The van der Waals surface area contributed by atoms with Crippen LogP contribution >= 0.6 is 0 Å². The average Bonchev–Trinajstić information content (AvgIpc) is 3.21. The van der Waals surface area contributed by atoms with Crippen molar-refractivity contribution in [1.82, 2.24) is 9.97 Å². The fourth-order valence-electron chi connectivity index (χ4n) is 1.87. The third kappa shape index (κ3) is 3.24. The molecule has 1 aliphatic carbocycles. The maximum Gasteiger partial charge on any atom is 0.433 e. The molecular formula is C14H12F3N3O. The van der Waals surface area contributed by atoms with Gasteiger partial charge >= 0.3 is 6.18 Å². The zero-order chi connectivity index (χ0) is 15.0. The minimum atomic E-state index is -4.56. The summed E-state index contributed by atoms with van der Waals surface area (Å²) in [6, 6.07) is 7.66. The Kier molecular flexibility index (Phi) is 3.19. The molecule has 0 saturated heterocycles. The van der Waals surface area contributed by atoms with E-state index in [4.69, 9.17) is 10.5 Å². The quantitative estimate of drug-likeness (QED) is 0.944. The van der Waals surface area contributed by atoms with Gasteiger partial charge in [0.05, 0.1) is 11.8 Å². The topological polar surface area (TPSA) is 61.0 Å². The van der Waals surface area contributed by atoms with E-state index in [2.05, 4.69) is 9.97 Å². The van der Waals surface area contributed by atoms with Gasteiger partial charge < -0.3 is 10.5 Å². The van der Waals surface area contributed by atoms with E-state index in [1.807, 2.05) is 0 Å². The summed E-state index contributed by atoms with van der Waals surface area (Å²) in [7, 11) is 0. The van der Waals surface area contributed by atoms with Crippen LogP contribution in [-0.2, 0) is 6.18 Å². The smallest absolute Gasteiger partial charge is 0.433 e. The summed E-state index contributed by atoms with van der Waals surface area (Å²) in [5, 5.41) is 0. The van der Waals surface area contributed by atoms with Gasteiger partial charge in [-0.1, -0.05) is 12.1 Å². The molecule has 0 atom stereocenters. The van der Waals surface area contributed by atoms with Gasteiger partial charge in [0.2, 0.25) is 5.95 Å². The molecule has 0 spiro atoms. The summed E-state index contributed by atoms with van der Waals surface area (Å²) in [5.41, 5.74) is 4.94. The van der Waals surface area contributed by atoms with Gasteiger partial charge in [0.1, 0.15) is 5.75 Å². The highest BCUT2D eigenvalue weighted by molar-refractivity contribution is 5.62. The van der Waals surface area contributed by atoms with Crippen LogP contribution in [-0.4, -0.2) is 16.1 Å². The molecule has 0 unspecified atom stereocenters. The largest absolute Gasteiger partial charge is 0.490 e. The van der Waals surface area contributed by atoms with E-state index in [1.165, 1.54) is 0 Å². The summed E-state index contributed by atoms with van der Waals surface area (Å²) < 4.78 is 43.9. The molecule has 1 aliphatic rings. The van der Waals surface area contributed by atoms with Crippen LogP contribution in [0.25, 0.3) is 11.3 Å². The van der Waals surface area contributed by atoms with Crippen LogP contribution in [0.3, 0.4) is 0 Å². The van der Waals surface area contributed by atoms with Gasteiger partial charge in [-0.3, -0.25) is 0 Å². The Morgan fingerprint density at radius 2 is 1.90 bits per heavy atom. The molecule has 0 aliphatic heterocycles. The lowest BCUT2D eigenvalue weighted by atomic mass is 10.1. The molecule has 0 radical (unpaired) electrons. The van der Waals surface area contributed by atoms with Gasteiger partial charge in [0, 0.05) is 5.56 Å². The summed E-state index contributed by atoms with van der Waals surface area (Å²) in [6.45, 7) is 0. The van der Waals surface area contributed by atoms with Crippen molar-refractivity contribution in [2.45, 2.75) is 25.1 Å². The van der Waals surface area contributed by atoms with Crippen LogP contribution in [0, 0.1) is 0 Å². The number of anilines is 1. The van der Waals surface area contributed by atoms with Crippen LogP contribution in [0.4, 0.5) is 19.1 Å². The monoisotopic (exact) mass is 295 g/mol. The zero-order valence-corrected chi connectivity index (χ0v) is 10.9. The molecule has 3 rings (SSSR count). The molecule has 2 N–H and O–H groups in total. The van der Waals surface area contributed by atoms with Crippen LogP contribution in [0.2, 0.25) is 0 Å². The van der Waals surface area contributed by atoms with Crippen molar-refractivity contribution in [1.29, 1.82) is 0 Å². The van der Waals surface area contributed by atoms with Gasteiger partial charge in [-0.2, -0.15) is 13.2 Å². The molecule has 1 aromatic heterocycles. The number of ether oxygens (including phenoxy) is 1. The standard InChI is InChI=1S/C14H12F3N3O/c15-14(16,17)12-7-11(19-13(18)20-12)8-2-1-3-10(6-8)21-9-4-5-9/h1-3,6-7,9H,4-5H2,(H2,18,19,20). The Hall–Kier alpha value is -2.31. The van der Waals surface area contributed by atoms with E-state index in [0.29, 0.717) is 11.3 Å². The van der Waals surface area contributed by atoms with Crippen LogP contribution in [0.5, 0.6) is 5.75 Å². The zero-order valence-electron chi connectivity index (χ0n) is 10.9. The first-order chi connectivity index (χ1) is 9.91. The predicted molar refractivity (Wildman–Crippen MR) is 70.5 cm³/mol. The SMILES string of the molecule is Nc1nc(-c2cccc(OC3CC3)c2)cc(C(F)(F)F)n1. The molecule has 2 aromatic rings. The van der Waals surface area contributed by atoms with Crippen LogP contribution in [0.1, 0.15) is 18.5 Å². The van der Waals surface area contributed by atoms with E-state index < -0.39 is 17.8 Å². The first kappa shape index (κ1) is 13.7. The molecule has 0 bridgehead atoms. The Morgan fingerprint density at radius 3 is 2.57 bits per heavy atom. The Bertz CT molecular complexity index is 669. The number of alkyl halides is 3. The summed E-state index contributed by atoms with van der Waals surface area (Å²) in [6.07, 6.45) is -2.35. The lowest BCUT2D eigenvalue weighted by molar-refractivity contribution is -0.141. The van der Waals surface area contributed by atoms with E-state index in [0.717, 1.165) is 18.9 Å². The van der Waals surface area contributed by atoms with Crippen molar-refractivity contribution in [3.05, 3.63) is 36.0 Å². The highest BCUT2D eigenvalue weighted by Crippen LogP contribution is 2.32. The van der Waals surface area contributed by atoms with Crippen molar-refractivity contribution in [3.63, 3.8) is 0 Å². The molecule has 1 fully saturated rings. The van der Waals surface area contributed by atoms with Gasteiger partial charge in [0.15, 0.2) is 5.69 Å². The van der Waals surface area contributed by atoms with Gasteiger partial charge in [-0.15, -0.1) is 0 Å². The number of nitrogens with two attached hydrogens (primary N) is 1. The molecule has 21 heavy (non-hydrogen) atoms. The molecule has 110 valence electrons. The molecule has 7 heteroatoms. The lowest BCUT2D eigenvalue weighted by Crippen LogP contribution is -2.11. The number of benzene rings is 1. The third-order valence-electron chi connectivity index (χ3n) is 2.99. The van der Waals surface area contributed by atoms with Crippen LogP contribution < -0.4 is 10.5 Å². The van der Waals surface area contributed by atoms with Gasteiger partial charge in [-0.25, -0.2) is 9.97 Å². The first-order valence-electron chi connectivity index (χ1n) is 6.41. The second kappa shape index (κ2) is 4.91. The van der Waals surface area contributed by atoms with E-state index in [1.54, 1.807) is 24.3 Å². The Balaban J connectivity index is 1.97. The number of nitrogens with zero attached hydrogens (tertiary/aromatic N) is 2. The lowest BCUT2D eigenvalue weighted by Gasteiger charge is -2.10. The minimum Gasteiger partial charge on any atom is -0.490 e. The highest BCUT2D eigenvalue weighted by Gasteiger charge is 2.33. The maximum absolute atomic E-state index is 12.8. The van der Waals surface area contributed by atoms with Crippen molar-refractivity contribution in [2.75, 3.05) is 5.73 Å². The van der Waals surface area contributed by atoms with E-state index in [-0.39, 0.29) is 11.8 Å². The minimum absolute atomic E-state index is 0.121. The second-order valence-corrected chi connectivity index (χ2v) is 4.84. The normalized spacial score (nSPS) is 15.0. The number of nitrogen functional groups attached to an aromatic ring is 1. The summed E-state index contributed by atoms with van der Waals surface area (Å²) in [4.78, 5) is 7.09. The number of hydrogen-bond donors (Lipinski definition) is 1. The van der Waals surface area contributed by atoms with Crippen LogP contribution in [0.15, 0.2) is 30.3 Å². The Labute approximate surface area is 118 Å². The van der Waals surface area contributed by atoms with Crippen molar-refractivity contribution >= 4 is 5.95 Å². The number of hydrogen-bond acceptors (Lipinski definition) is 4. The number of aromatic nitrogens is 2. The number of rotatable bonds is 3. The molecule has 4 nitrogen and oxygen atoms in total. The molecule has 0 amide bonds. The van der Waals surface area contributed by atoms with Crippen molar-refractivity contribution in [3.8, 4) is 17.0 Å².